The number of anilines is 1. The van der Waals surface area contributed by atoms with Crippen LogP contribution in [0.1, 0.15) is 11.1 Å². The Kier molecular flexibility index (Phi) is 7.44. The number of hydrogen-bond acceptors (Lipinski definition) is 5. The molecule has 0 saturated heterocycles. The second kappa shape index (κ2) is 10.6. The highest BCUT2D eigenvalue weighted by atomic mass is 19.1. The molecular formula is C25H21FN2O4. The second-order valence-electron chi connectivity index (χ2n) is 6.64. The minimum absolute atomic E-state index is 0.0272. The van der Waals surface area contributed by atoms with E-state index in [0.717, 1.165) is 0 Å². The van der Waals surface area contributed by atoms with E-state index in [-0.39, 0.29) is 18.0 Å². The lowest BCUT2D eigenvalue weighted by Crippen LogP contribution is -2.13. The summed E-state index contributed by atoms with van der Waals surface area (Å²) in [7, 11) is 3.05. The second-order valence-corrected chi connectivity index (χ2v) is 6.64. The molecule has 3 aromatic rings. The minimum Gasteiger partial charge on any atom is -0.497 e. The molecule has 0 fully saturated rings. The van der Waals surface area contributed by atoms with Gasteiger partial charge in [-0.1, -0.05) is 18.2 Å². The maximum Gasteiger partial charge on any atom is 0.266 e. The first kappa shape index (κ1) is 22.4. The van der Waals surface area contributed by atoms with E-state index in [0.29, 0.717) is 34.1 Å². The van der Waals surface area contributed by atoms with Crippen LogP contribution in [0.25, 0.3) is 6.08 Å². The summed E-state index contributed by atoms with van der Waals surface area (Å²) in [6, 6.07) is 19.9. The zero-order valence-electron chi connectivity index (χ0n) is 17.6. The van der Waals surface area contributed by atoms with Crippen molar-refractivity contribution < 1.29 is 23.4 Å². The van der Waals surface area contributed by atoms with Crippen LogP contribution in [0.5, 0.6) is 17.2 Å². The first-order valence-corrected chi connectivity index (χ1v) is 9.65. The molecule has 0 heterocycles. The molecule has 0 aliphatic heterocycles. The fourth-order valence-corrected chi connectivity index (χ4v) is 2.83. The van der Waals surface area contributed by atoms with Gasteiger partial charge in [-0.3, -0.25) is 4.79 Å². The lowest BCUT2D eigenvalue weighted by Gasteiger charge is -2.12. The molecule has 0 atom stereocenters. The first-order valence-electron chi connectivity index (χ1n) is 9.65. The Bertz CT molecular complexity index is 1170. The van der Waals surface area contributed by atoms with E-state index in [1.807, 2.05) is 6.07 Å². The van der Waals surface area contributed by atoms with Crippen LogP contribution in [0.4, 0.5) is 10.1 Å². The third-order valence-corrected chi connectivity index (χ3v) is 4.57. The number of halogens is 1. The number of amides is 1. The van der Waals surface area contributed by atoms with Crippen molar-refractivity contribution in [3.05, 3.63) is 89.2 Å². The highest BCUT2D eigenvalue weighted by molar-refractivity contribution is 6.09. The van der Waals surface area contributed by atoms with E-state index in [4.69, 9.17) is 14.2 Å². The van der Waals surface area contributed by atoms with Gasteiger partial charge in [-0.25, -0.2) is 4.39 Å². The molecule has 7 heteroatoms. The highest BCUT2D eigenvalue weighted by Crippen LogP contribution is 2.28. The van der Waals surface area contributed by atoms with Crippen LogP contribution in [0.15, 0.2) is 72.3 Å². The first-order chi connectivity index (χ1) is 15.5. The molecule has 0 radical (unpaired) electrons. The molecule has 3 aromatic carbocycles. The molecule has 0 unspecified atom stereocenters. The third kappa shape index (κ3) is 5.64. The van der Waals surface area contributed by atoms with E-state index in [1.54, 1.807) is 67.8 Å². The Morgan fingerprint density at radius 2 is 1.72 bits per heavy atom. The number of nitriles is 1. The van der Waals surface area contributed by atoms with Crippen molar-refractivity contribution in [2.45, 2.75) is 6.61 Å². The summed E-state index contributed by atoms with van der Waals surface area (Å²) >= 11 is 0. The van der Waals surface area contributed by atoms with Crippen molar-refractivity contribution in [1.29, 1.82) is 5.26 Å². The molecule has 1 N–H and O–H groups in total. The van der Waals surface area contributed by atoms with E-state index >= 15 is 0 Å². The van der Waals surface area contributed by atoms with Gasteiger partial charge in [0, 0.05) is 22.9 Å². The Hall–Kier alpha value is -4.31. The normalized spacial score (nSPS) is 10.8. The van der Waals surface area contributed by atoms with Gasteiger partial charge >= 0.3 is 0 Å². The number of nitrogens with one attached hydrogen (secondary N) is 1. The Labute approximate surface area is 185 Å². The van der Waals surface area contributed by atoms with Crippen molar-refractivity contribution in [2.24, 2.45) is 0 Å². The lowest BCUT2D eigenvalue weighted by molar-refractivity contribution is -0.112. The molecule has 1 amide bonds. The molecule has 3 rings (SSSR count). The van der Waals surface area contributed by atoms with Crippen LogP contribution in [-0.4, -0.2) is 20.1 Å². The van der Waals surface area contributed by atoms with Crippen molar-refractivity contribution in [2.75, 3.05) is 19.5 Å². The summed E-state index contributed by atoms with van der Waals surface area (Å²) in [4.78, 5) is 12.6. The van der Waals surface area contributed by atoms with Crippen molar-refractivity contribution in [3.63, 3.8) is 0 Å². The Morgan fingerprint density at radius 3 is 2.38 bits per heavy atom. The zero-order chi connectivity index (χ0) is 22.9. The maximum atomic E-state index is 13.9. The molecule has 162 valence electrons. The number of carbonyl (C=O) groups is 1. The van der Waals surface area contributed by atoms with Gasteiger partial charge in [0.25, 0.3) is 5.91 Å². The number of ether oxygens (including phenoxy) is 3. The number of hydrogen-bond donors (Lipinski definition) is 1. The average molecular weight is 432 g/mol. The monoisotopic (exact) mass is 432 g/mol. The summed E-state index contributed by atoms with van der Waals surface area (Å²) < 4.78 is 30.1. The van der Waals surface area contributed by atoms with Gasteiger partial charge in [0.05, 0.1) is 14.2 Å². The summed E-state index contributed by atoms with van der Waals surface area (Å²) in [5, 5.41) is 12.2. The van der Waals surface area contributed by atoms with E-state index in [9.17, 15) is 14.4 Å². The third-order valence-electron chi connectivity index (χ3n) is 4.57. The lowest BCUT2D eigenvalue weighted by atomic mass is 10.1. The fourth-order valence-electron chi connectivity index (χ4n) is 2.83. The molecule has 0 aliphatic rings. The van der Waals surface area contributed by atoms with Gasteiger partial charge in [0.2, 0.25) is 0 Å². The molecule has 0 aromatic heterocycles. The minimum atomic E-state index is -0.575. The van der Waals surface area contributed by atoms with Crippen LogP contribution >= 0.6 is 0 Å². The van der Waals surface area contributed by atoms with Crippen LogP contribution < -0.4 is 19.5 Å². The van der Waals surface area contributed by atoms with Crippen molar-refractivity contribution >= 4 is 17.7 Å². The largest absolute Gasteiger partial charge is 0.497 e. The summed E-state index contributed by atoms with van der Waals surface area (Å²) in [6.45, 7) is -0.0272. The number of rotatable bonds is 8. The molecule has 32 heavy (non-hydrogen) atoms. The summed E-state index contributed by atoms with van der Waals surface area (Å²) in [6.07, 6.45) is 1.41. The van der Waals surface area contributed by atoms with Gasteiger partial charge in [-0.05, 0) is 48.5 Å². The summed E-state index contributed by atoms with van der Waals surface area (Å²) in [5.74, 6) is 0.552. The smallest absolute Gasteiger partial charge is 0.266 e. The molecule has 0 saturated carbocycles. The SMILES string of the molecule is COc1ccc(NC(=O)/C(C#N)=C/c2ccc(OC)cc2OCc2ccccc2F)cc1. The molecular weight excluding hydrogens is 411 g/mol. The molecule has 6 nitrogen and oxygen atoms in total. The van der Waals surface area contributed by atoms with Gasteiger partial charge in [0.1, 0.15) is 41.3 Å². The van der Waals surface area contributed by atoms with Crippen molar-refractivity contribution in [1.82, 2.24) is 0 Å². The Balaban J connectivity index is 1.84. The van der Waals surface area contributed by atoms with Gasteiger partial charge in [-0.15, -0.1) is 0 Å². The van der Waals surface area contributed by atoms with E-state index in [2.05, 4.69) is 5.32 Å². The van der Waals surface area contributed by atoms with Crippen LogP contribution in [0.3, 0.4) is 0 Å². The van der Waals surface area contributed by atoms with E-state index < -0.39 is 5.91 Å². The van der Waals surface area contributed by atoms with Gasteiger partial charge in [-0.2, -0.15) is 5.26 Å². The molecule has 0 spiro atoms. The number of carbonyl (C=O) groups excluding carboxylic acids is 1. The van der Waals surface area contributed by atoms with Crippen LogP contribution in [-0.2, 0) is 11.4 Å². The maximum absolute atomic E-state index is 13.9. The zero-order valence-corrected chi connectivity index (χ0v) is 17.6. The molecule has 0 aliphatic carbocycles. The van der Waals surface area contributed by atoms with Crippen LogP contribution in [0.2, 0.25) is 0 Å². The number of methoxy groups -OCH3 is 2. The number of benzene rings is 3. The fraction of sp³-hybridized carbons (Fsp3) is 0.120. The van der Waals surface area contributed by atoms with Gasteiger partial charge < -0.3 is 19.5 Å². The summed E-state index contributed by atoms with van der Waals surface area (Å²) in [5.41, 5.74) is 1.25. The average Bonchev–Trinajstić information content (AvgIpc) is 2.82. The van der Waals surface area contributed by atoms with Gasteiger partial charge in [0.15, 0.2) is 0 Å². The number of nitrogens with zero attached hydrogens (tertiary/aromatic N) is 1. The quantitative estimate of drug-likeness (QED) is 0.402. The highest BCUT2D eigenvalue weighted by Gasteiger charge is 2.13. The molecule has 0 bridgehead atoms. The van der Waals surface area contributed by atoms with Crippen LogP contribution in [0, 0.1) is 17.1 Å². The van der Waals surface area contributed by atoms with Crippen molar-refractivity contribution in [3.8, 4) is 23.3 Å². The predicted molar refractivity (Wildman–Crippen MR) is 119 cm³/mol. The predicted octanol–water partition coefficient (Wildman–Crippen LogP) is 4.97. The van der Waals surface area contributed by atoms with E-state index in [1.165, 1.54) is 19.3 Å². The standard InChI is InChI=1S/C25H21FN2O4/c1-30-21-11-8-20(9-12-21)28-25(29)19(15-27)13-17-7-10-22(31-2)14-24(17)32-16-18-5-3-4-6-23(18)26/h3-14H,16H2,1-2H3,(H,28,29)/b19-13+. The Morgan fingerprint density at radius 1 is 1.03 bits per heavy atom. The topological polar surface area (TPSA) is 80.6 Å².